The summed E-state index contributed by atoms with van der Waals surface area (Å²) in [6, 6.07) is 83.4. The molecular formula is C60H40. The summed E-state index contributed by atoms with van der Waals surface area (Å²) >= 11 is 0. The Labute approximate surface area is 350 Å². The van der Waals surface area contributed by atoms with E-state index in [-0.39, 0.29) is 5.41 Å². The van der Waals surface area contributed by atoms with Crippen molar-refractivity contribution in [3.05, 3.63) is 241 Å². The van der Waals surface area contributed by atoms with Gasteiger partial charge in [0, 0.05) is 5.41 Å². The average Bonchev–Trinajstić information content (AvgIpc) is 3.57. The molecule has 11 aromatic carbocycles. The van der Waals surface area contributed by atoms with E-state index in [0.717, 1.165) is 0 Å². The average molecular weight is 761 g/mol. The third-order valence-corrected chi connectivity index (χ3v) is 13.3. The summed E-state index contributed by atoms with van der Waals surface area (Å²) in [7, 11) is 0. The second-order valence-corrected chi connectivity index (χ2v) is 16.5. The van der Waals surface area contributed by atoms with Gasteiger partial charge in [-0.05, 0) is 147 Å². The Morgan fingerprint density at radius 1 is 0.283 bits per heavy atom. The number of rotatable bonds is 5. The van der Waals surface area contributed by atoms with Gasteiger partial charge < -0.3 is 0 Å². The van der Waals surface area contributed by atoms with Crippen LogP contribution in [0.25, 0.3) is 98.7 Å². The SMILES string of the molecule is CC1(c2ccccc2)c2ccccc2-c2cc3ccc(-c4cccc(-c5c6ccccc6c(-c6ccccc6-c6ccccc6)c6ccc7ccccc7c56)c4)cc3cc21. The fraction of sp³-hybridized carbons (Fsp3) is 0.0333. The van der Waals surface area contributed by atoms with E-state index >= 15 is 0 Å². The molecule has 1 aliphatic rings. The zero-order chi connectivity index (χ0) is 39.8. The second-order valence-electron chi connectivity index (χ2n) is 16.5. The first-order valence-electron chi connectivity index (χ1n) is 21.0. The van der Waals surface area contributed by atoms with Gasteiger partial charge in [0.25, 0.3) is 0 Å². The lowest BCUT2D eigenvalue weighted by atomic mass is 9.74. The maximum absolute atomic E-state index is 2.46. The predicted molar refractivity (Wildman–Crippen MR) is 256 cm³/mol. The molecular weight excluding hydrogens is 721 g/mol. The van der Waals surface area contributed by atoms with Crippen LogP contribution in [0.15, 0.2) is 224 Å². The van der Waals surface area contributed by atoms with Crippen LogP contribution in [-0.2, 0) is 5.41 Å². The molecule has 0 aromatic heterocycles. The van der Waals surface area contributed by atoms with E-state index in [0.29, 0.717) is 0 Å². The Balaban J connectivity index is 1.07. The quantitative estimate of drug-likeness (QED) is 0.121. The van der Waals surface area contributed by atoms with E-state index in [2.05, 4.69) is 231 Å². The molecule has 0 saturated carbocycles. The smallest absolute Gasteiger partial charge is 0.0435 e. The first-order valence-corrected chi connectivity index (χ1v) is 21.0. The first-order chi connectivity index (χ1) is 29.6. The molecule has 60 heavy (non-hydrogen) atoms. The van der Waals surface area contributed by atoms with Gasteiger partial charge in [-0.2, -0.15) is 0 Å². The molecule has 0 N–H and O–H groups in total. The highest BCUT2D eigenvalue weighted by molar-refractivity contribution is 6.28. The van der Waals surface area contributed by atoms with Crippen molar-refractivity contribution in [3.8, 4) is 55.6 Å². The summed E-state index contributed by atoms with van der Waals surface area (Å²) in [5.41, 5.74) is 16.4. The normalized spacial score (nSPS) is 14.5. The van der Waals surface area contributed by atoms with Gasteiger partial charge in [0.15, 0.2) is 0 Å². The van der Waals surface area contributed by atoms with Crippen LogP contribution in [0.3, 0.4) is 0 Å². The molecule has 11 aromatic rings. The second kappa shape index (κ2) is 13.5. The summed E-state index contributed by atoms with van der Waals surface area (Å²) in [4.78, 5) is 0. The van der Waals surface area contributed by atoms with Crippen molar-refractivity contribution < 1.29 is 0 Å². The third-order valence-electron chi connectivity index (χ3n) is 13.3. The van der Waals surface area contributed by atoms with E-state index in [1.54, 1.807) is 0 Å². The minimum Gasteiger partial charge on any atom is -0.0622 e. The molecule has 0 amide bonds. The predicted octanol–water partition coefficient (Wildman–Crippen LogP) is 16.3. The molecule has 0 aliphatic heterocycles. The van der Waals surface area contributed by atoms with Crippen LogP contribution < -0.4 is 0 Å². The van der Waals surface area contributed by atoms with Crippen LogP contribution in [0.4, 0.5) is 0 Å². The number of benzene rings is 11. The Morgan fingerprint density at radius 2 is 0.883 bits per heavy atom. The van der Waals surface area contributed by atoms with Crippen molar-refractivity contribution in [2.24, 2.45) is 0 Å². The third kappa shape index (κ3) is 5.17. The van der Waals surface area contributed by atoms with Gasteiger partial charge in [-0.15, -0.1) is 0 Å². The molecule has 1 unspecified atom stereocenters. The summed E-state index contributed by atoms with van der Waals surface area (Å²) in [5.74, 6) is 0. The van der Waals surface area contributed by atoms with E-state index < -0.39 is 0 Å². The van der Waals surface area contributed by atoms with Gasteiger partial charge in [0.2, 0.25) is 0 Å². The zero-order valence-corrected chi connectivity index (χ0v) is 33.4. The van der Waals surface area contributed by atoms with Gasteiger partial charge in [-0.1, -0.05) is 200 Å². The molecule has 0 nitrogen and oxygen atoms in total. The Kier molecular flexibility index (Phi) is 7.77. The Morgan fingerprint density at radius 3 is 1.70 bits per heavy atom. The molecule has 1 atom stereocenters. The molecule has 0 heterocycles. The van der Waals surface area contributed by atoms with Crippen molar-refractivity contribution in [3.63, 3.8) is 0 Å². The lowest BCUT2D eigenvalue weighted by Gasteiger charge is -2.28. The number of hydrogen-bond donors (Lipinski definition) is 0. The molecule has 1 aliphatic carbocycles. The molecule has 0 saturated heterocycles. The topological polar surface area (TPSA) is 0 Å². The summed E-state index contributed by atoms with van der Waals surface area (Å²) < 4.78 is 0. The highest BCUT2D eigenvalue weighted by Gasteiger charge is 2.40. The lowest BCUT2D eigenvalue weighted by Crippen LogP contribution is -2.22. The molecule has 0 spiro atoms. The lowest BCUT2D eigenvalue weighted by molar-refractivity contribution is 0.715. The largest absolute Gasteiger partial charge is 0.0622 e. The molecule has 12 rings (SSSR count). The first kappa shape index (κ1) is 34.5. The minimum absolute atomic E-state index is 0.240. The van der Waals surface area contributed by atoms with Crippen LogP contribution in [0, 0.1) is 0 Å². The molecule has 0 bridgehead atoms. The van der Waals surface area contributed by atoms with E-state index in [4.69, 9.17) is 0 Å². The van der Waals surface area contributed by atoms with Crippen LogP contribution in [0.1, 0.15) is 23.6 Å². The van der Waals surface area contributed by atoms with Crippen LogP contribution in [0.5, 0.6) is 0 Å². The Bertz CT molecular complexity index is 3480. The van der Waals surface area contributed by atoms with Crippen LogP contribution >= 0.6 is 0 Å². The molecule has 0 fully saturated rings. The van der Waals surface area contributed by atoms with Crippen LogP contribution in [0.2, 0.25) is 0 Å². The van der Waals surface area contributed by atoms with E-state index in [1.165, 1.54) is 115 Å². The van der Waals surface area contributed by atoms with E-state index in [9.17, 15) is 0 Å². The van der Waals surface area contributed by atoms with E-state index in [1.807, 2.05) is 0 Å². The standard InChI is InChI=1S/C60H40/c1-60(46-22-6-3-7-23-46)55-30-15-14-26-49(55)54-37-43-32-31-42(36-45(43)38-56(54)60)41-20-16-21-44(35-41)57-51-28-12-13-29-52(51)58(53-34-33-40-19-8-9-25-48(40)59(53)57)50-27-11-10-24-47(50)39-17-4-2-5-18-39/h2-38H,1H3. The van der Waals surface area contributed by atoms with Gasteiger partial charge >= 0.3 is 0 Å². The minimum atomic E-state index is -0.240. The fourth-order valence-electron chi connectivity index (χ4n) is 10.5. The van der Waals surface area contributed by atoms with Crippen LogP contribution in [-0.4, -0.2) is 0 Å². The summed E-state index contributed by atoms with van der Waals surface area (Å²) in [6.45, 7) is 2.40. The van der Waals surface area contributed by atoms with Gasteiger partial charge in [0.1, 0.15) is 0 Å². The number of hydrogen-bond acceptors (Lipinski definition) is 0. The maximum atomic E-state index is 2.46. The highest BCUT2D eigenvalue weighted by Crippen LogP contribution is 2.54. The summed E-state index contributed by atoms with van der Waals surface area (Å²) in [5, 5.41) is 10.1. The van der Waals surface area contributed by atoms with Crippen molar-refractivity contribution in [2.45, 2.75) is 12.3 Å². The molecule has 0 heteroatoms. The molecule has 0 radical (unpaired) electrons. The van der Waals surface area contributed by atoms with Gasteiger partial charge in [-0.3, -0.25) is 0 Å². The van der Waals surface area contributed by atoms with Crippen molar-refractivity contribution in [1.29, 1.82) is 0 Å². The highest BCUT2D eigenvalue weighted by atomic mass is 14.4. The zero-order valence-electron chi connectivity index (χ0n) is 33.4. The maximum Gasteiger partial charge on any atom is 0.0435 e. The van der Waals surface area contributed by atoms with Crippen molar-refractivity contribution in [1.82, 2.24) is 0 Å². The Hall–Kier alpha value is -7.54. The van der Waals surface area contributed by atoms with Gasteiger partial charge in [0.05, 0.1) is 0 Å². The van der Waals surface area contributed by atoms with Crippen molar-refractivity contribution >= 4 is 43.1 Å². The fourth-order valence-corrected chi connectivity index (χ4v) is 10.5. The summed E-state index contributed by atoms with van der Waals surface area (Å²) in [6.07, 6.45) is 0. The molecule has 280 valence electrons. The monoisotopic (exact) mass is 760 g/mol. The van der Waals surface area contributed by atoms with Crippen molar-refractivity contribution in [2.75, 3.05) is 0 Å². The number of fused-ring (bicyclic) bond motifs is 8. The van der Waals surface area contributed by atoms with Gasteiger partial charge in [-0.25, -0.2) is 0 Å².